The first-order valence-corrected chi connectivity index (χ1v) is 8.29. The van der Waals surface area contributed by atoms with E-state index in [0.29, 0.717) is 24.2 Å². The Hall–Kier alpha value is -2.89. The van der Waals surface area contributed by atoms with Gasteiger partial charge in [0, 0.05) is 24.3 Å². The topological polar surface area (TPSA) is 61.4 Å². The summed E-state index contributed by atoms with van der Waals surface area (Å²) < 4.78 is 13.6. The summed E-state index contributed by atoms with van der Waals surface area (Å²) >= 11 is 0. The van der Waals surface area contributed by atoms with Gasteiger partial charge in [0.05, 0.1) is 0 Å². The standard InChI is InChI=1S/C19H20FN3O2/c20-16-10-5-4-7-14(16)13-21-18(24)17-11-6-12-23(17)19(25)22-15-8-2-1-3-9-15/h1-5,7-10,17H,6,11-13H2,(H,21,24)(H,22,25)/t17-/m0/s1. The minimum absolute atomic E-state index is 0.107. The van der Waals surface area contributed by atoms with Crippen LogP contribution in [0.2, 0.25) is 0 Å². The molecule has 2 N–H and O–H groups in total. The number of benzene rings is 2. The number of halogens is 1. The molecular formula is C19H20FN3O2. The van der Waals surface area contributed by atoms with Gasteiger partial charge in [-0.1, -0.05) is 36.4 Å². The van der Waals surface area contributed by atoms with E-state index < -0.39 is 6.04 Å². The lowest BCUT2D eigenvalue weighted by atomic mass is 10.2. The molecule has 3 amide bonds. The van der Waals surface area contributed by atoms with Gasteiger partial charge in [0.25, 0.3) is 0 Å². The van der Waals surface area contributed by atoms with Gasteiger partial charge >= 0.3 is 6.03 Å². The van der Waals surface area contributed by atoms with Crippen molar-refractivity contribution in [2.24, 2.45) is 0 Å². The molecule has 0 spiro atoms. The number of hydrogen-bond acceptors (Lipinski definition) is 2. The minimum Gasteiger partial charge on any atom is -0.350 e. The predicted molar refractivity (Wildman–Crippen MR) is 93.4 cm³/mol. The summed E-state index contributed by atoms with van der Waals surface area (Å²) in [6.45, 7) is 0.632. The van der Waals surface area contributed by atoms with Gasteiger partial charge in [-0.3, -0.25) is 4.79 Å². The van der Waals surface area contributed by atoms with Crippen LogP contribution in [-0.2, 0) is 11.3 Å². The van der Waals surface area contributed by atoms with Gasteiger partial charge in [-0.25, -0.2) is 9.18 Å². The summed E-state index contributed by atoms with van der Waals surface area (Å²) in [7, 11) is 0. The summed E-state index contributed by atoms with van der Waals surface area (Å²) in [5.41, 5.74) is 1.11. The van der Waals surface area contributed by atoms with Crippen LogP contribution in [0.5, 0.6) is 0 Å². The molecule has 5 nitrogen and oxygen atoms in total. The van der Waals surface area contributed by atoms with Crippen molar-refractivity contribution < 1.29 is 14.0 Å². The van der Waals surface area contributed by atoms with Crippen LogP contribution < -0.4 is 10.6 Å². The zero-order chi connectivity index (χ0) is 17.6. The molecule has 6 heteroatoms. The van der Waals surface area contributed by atoms with Gasteiger partial charge in [-0.15, -0.1) is 0 Å². The van der Waals surface area contributed by atoms with Gasteiger partial charge in [-0.05, 0) is 31.0 Å². The molecule has 1 aliphatic heterocycles. The number of urea groups is 1. The van der Waals surface area contributed by atoms with Crippen molar-refractivity contribution in [3.8, 4) is 0 Å². The van der Waals surface area contributed by atoms with Crippen LogP contribution in [0.4, 0.5) is 14.9 Å². The highest BCUT2D eigenvalue weighted by Crippen LogP contribution is 2.19. The SMILES string of the molecule is O=C(NCc1ccccc1F)[C@@H]1CCCN1C(=O)Nc1ccccc1. The first kappa shape index (κ1) is 17.0. The number of rotatable bonds is 4. The average Bonchev–Trinajstić information content (AvgIpc) is 3.12. The third kappa shape index (κ3) is 4.15. The summed E-state index contributed by atoms with van der Waals surface area (Å²) in [5.74, 6) is -0.614. The number of amides is 3. The zero-order valence-electron chi connectivity index (χ0n) is 13.7. The van der Waals surface area contributed by atoms with Crippen LogP contribution in [0.25, 0.3) is 0 Å². The lowest BCUT2D eigenvalue weighted by Gasteiger charge is -2.24. The Labute approximate surface area is 145 Å². The fraction of sp³-hybridized carbons (Fsp3) is 0.263. The van der Waals surface area contributed by atoms with E-state index in [-0.39, 0.29) is 24.3 Å². The number of carbonyl (C=O) groups excluding carboxylic acids is 2. The van der Waals surface area contributed by atoms with Crippen LogP contribution in [0.1, 0.15) is 18.4 Å². The van der Waals surface area contributed by atoms with E-state index in [1.54, 1.807) is 30.3 Å². The van der Waals surface area contributed by atoms with E-state index in [2.05, 4.69) is 10.6 Å². The number of nitrogens with one attached hydrogen (secondary N) is 2. The smallest absolute Gasteiger partial charge is 0.322 e. The molecule has 1 atom stereocenters. The maximum atomic E-state index is 13.6. The maximum absolute atomic E-state index is 13.6. The summed E-state index contributed by atoms with van der Waals surface area (Å²) in [5, 5.41) is 5.53. The third-order valence-corrected chi connectivity index (χ3v) is 4.25. The molecule has 0 saturated carbocycles. The number of hydrogen-bond donors (Lipinski definition) is 2. The highest BCUT2D eigenvalue weighted by Gasteiger charge is 2.34. The molecule has 3 rings (SSSR count). The summed E-state index contributed by atoms with van der Waals surface area (Å²) in [4.78, 5) is 26.4. The Kier molecular flexibility index (Phi) is 5.28. The summed E-state index contributed by atoms with van der Waals surface area (Å²) in [6.07, 6.45) is 1.37. The van der Waals surface area contributed by atoms with Crippen LogP contribution in [-0.4, -0.2) is 29.4 Å². The number of carbonyl (C=O) groups is 2. The average molecular weight is 341 g/mol. The van der Waals surface area contributed by atoms with Gasteiger partial charge in [-0.2, -0.15) is 0 Å². The number of likely N-dealkylation sites (tertiary alicyclic amines) is 1. The molecule has 1 heterocycles. The van der Waals surface area contributed by atoms with Gasteiger partial charge in [0.2, 0.25) is 5.91 Å². The third-order valence-electron chi connectivity index (χ3n) is 4.25. The van der Waals surface area contributed by atoms with Crippen molar-refractivity contribution in [2.75, 3.05) is 11.9 Å². The van der Waals surface area contributed by atoms with E-state index in [1.165, 1.54) is 11.0 Å². The molecule has 0 radical (unpaired) electrons. The molecule has 2 aromatic carbocycles. The van der Waals surface area contributed by atoms with Gasteiger partial charge in [0.1, 0.15) is 11.9 Å². The van der Waals surface area contributed by atoms with E-state index in [4.69, 9.17) is 0 Å². The lowest BCUT2D eigenvalue weighted by molar-refractivity contribution is -0.124. The molecule has 0 aliphatic carbocycles. The fourth-order valence-corrected chi connectivity index (χ4v) is 2.94. The van der Waals surface area contributed by atoms with Crippen LogP contribution in [0.3, 0.4) is 0 Å². The second-order valence-electron chi connectivity index (χ2n) is 5.96. The van der Waals surface area contributed by atoms with Crippen molar-refractivity contribution in [3.63, 3.8) is 0 Å². The van der Waals surface area contributed by atoms with Gasteiger partial charge < -0.3 is 15.5 Å². The maximum Gasteiger partial charge on any atom is 0.322 e. The molecule has 25 heavy (non-hydrogen) atoms. The molecule has 2 aromatic rings. The first-order valence-electron chi connectivity index (χ1n) is 8.29. The van der Waals surface area contributed by atoms with Crippen molar-refractivity contribution in [3.05, 3.63) is 66.0 Å². The van der Waals surface area contributed by atoms with E-state index >= 15 is 0 Å². The minimum atomic E-state index is -0.532. The normalized spacial score (nSPS) is 16.5. The monoisotopic (exact) mass is 341 g/mol. The van der Waals surface area contributed by atoms with Crippen molar-refractivity contribution in [1.29, 1.82) is 0 Å². The fourth-order valence-electron chi connectivity index (χ4n) is 2.94. The number of nitrogens with zero attached hydrogens (tertiary/aromatic N) is 1. The predicted octanol–water partition coefficient (Wildman–Crippen LogP) is 3.14. The molecule has 130 valence electrons. The second-order valence-corrected chi connectivity index (χ2v) is 5.96. The largest absolute Gasteiger partial charge is 0.350 e. The zero-order valence-corrected chi connectivity index (χ0v) is 13.7. The summed E-state index contributed by atoms with van der Waals surface area (Å²) in [6, 6.07) is 14.6. The second kappa shape index (κ2) is 7.79. The highest BCUT2D eigenvalue weighted by molar-refractivity contribution is 5.94. The molecule has 0 bridgehead atoms. The van der Waals surface area contributed by atoms with E-state index in [1.807, 2.05) is 18.2 Å². The number of anilines is 1. The molecule has 1 fully saturated rings. The quantitative estimate of drug-likeness (QED) is 0.897. The van der Waals surface area contributed by atoms with E-state index in [0.717, 1.165) is 6.42 Å². The first-order chi connectivity index (χ1) is 12.1. The van der Waals surface area contributed by atoms with Crippen LogP contribution in [0, 0.1) is 5.82 Å². The van der Waals surface area contributed by atoms with Crippen LogP contribution >= 0.6 is 0 Å². The Morgan fingerprint density at radius 2 is 1.80 bits per heavy atom. The van der Waals surface area contributed by atoms with Crippen LogP contribution in [0.15, 0.2) is 54.6 Å². The Bertz CT molecular complexity index is 751. The van der Waals surface area contributed by atoms with Crippen molar-refractivity contribution in [1.82, 2.24) is 10.2 Å². The Balaban J connectivity index is 1.59. The highest BCUT2D eigenvalue weighted by atomic mass is 19.1. The van der Waals surface area contributed by atoms with Gasteiger partial charge in [0.15, 0.2) is 0 Å². The van der Waals surface area contributed by atoms with Crippen molar-refractivity contribution >= 4 is 17.6 Å². The molecule has 0 aromatic heterocycles. The lowest BCUT2D eigenvalue weighted by Crippen LogP contribution is -2.47. The molecule has 0 unspecified atom stereocenters. The Morgan fingerprint density at radius 1 is 1.08 bits per heavy atom. The molecular weight excluding hydrogens is 321 g/mol. The molecule has 1 saturated heterocycles. The Morgan fingerprint density at radius 3 is 2.56 bits per heavy atom. The molecule has 1 aliphatic rings. The van der Waals surface area contributed by atoms with E-state index in [9.17, 15) is 14.0 Å². The van der Waals surface area contributed by atoms with Crippen molar-refractivity contribution in [2.45, 2.75) is 25.4 Å². The number of para-hydroxylation sites is 1.